The van der Waals surface area contributed by atoms with E-state index in [2.05, 4.69) is 10.6 Å². The summed E-state index contributed by atoms with van der Waals surface area (Å²) in [4.78, 5) is 24.1. The fraction of sp³-hybridized carbons (Fsp3) is 0.619. The lowest BCUT2D eigenvalue weighted by atomic mass is 10.0. The van der Waals surface area contributed by atoms with Gasteiger partial charge in [-0.1, -0.05) is 32.4 Å². The van der Waals surface area contributed by atoms with E-state index in [9.17, 15) is 18.0 Å². The van der Waals surface area contributed by atoms with Gasteiger partial charge in [-0.15, -0.1) is 0 Å². The minimum atomic E-state index is -3.61. The van der Waals surface area contributed by atoms with Crippen molar-refractivity contribution in [2.24, 2.45) is 5.92 Å². The SMILES string of the molecule is Cc1ccc(C)c(S(=O)(=O)N2CCCC[C@H]2CCNC(=O)C(=O)NCC(C)C)c1. The van der Waals surface area contributed by atoms with Gasteiger partial charge >= 0.3 is 11.8 Å². The van der Waals surface area contributed by atoms with Crippen molar-refractivity contribution in [1.29, 1.82) is 0 Å². The molecular formula is C21H33N3O4S. The van der Waals surface area contributed by atoms with Crippen LogP contribution >= 0.6 is 0 Å². The number of nitrogens with one attached hydrogen (secondary N) is 2. The average molecular weight is 424 g/mol. The minimum absolute atomic E-state index is 0.187. The molecule has 7 nitrogen and oxygen atoms in total. The van der Waals surface area contributed by atoms with E-state index in [-0.39, 0.29) is 18.5 Å². The summed E-state index contributed by atoms with van der Waals surface area (Å²) in [5, 5.41) is 5.19. The van der Waals surface area contributed by atoms with Crippen LogP contribution in [0.1, 0.15) is 50.7 Å². The molecule has 0 bridgehead atoms. The third-order valence-corrected chi connectivity index (χ3v) is 7.24. The van der Waals surface area contributed by atoms with Crippen LogP contribution in [0.2, 0.25) is 0 Å². The van der Waals surface area contributed by atoms with E-state index in [1.807, 2.05) is 32.9 Å². The van der Waals surface area contributed by atoms with Gasteiger partial charge in [0.2, 0.25) is 10.0 Å². The first kappa shape index (κ1) is 23.3. The highest BCUT2D eigenvalue weighted by Crippen LogP contribution is 2.29. The lowest BCUT2D eigenvalue weighted by Crippen LogP contribution is -2.46. The number of aryl methyl sites for hydroxylation is 2. The number of benzene rings is 1. The Hall–Kier alpha value is -1.93. The van der Waals surface area contributed by atoms with Crippen LogP contribution in [0.4, 0.5) is 0 Å². The van der Waals surface area contributed by atoms with Crippen molar-refractivity contribution in [3.63, 3.8) is 0 Å². The third-order valence-electron chi connectivity index (χ3n) is 5.14. The average Bonchev–Trinajstić information content (AvgIpc) is 2.68. The monoisotopic (exact) mass is 423 g/mol. The van der Waals surface area contributed by atoms with Gasteiger partial charge in [-0.3, -0.25) is 9.59 Å². The molecule has 0 aliphatic carbocycles. The maximum absolute atomic E-state index is 13.3. The van der Waals surface area contributed by atoms with Crippen molar-refractivity contribution in [3.8, 4) is 0 Å². The van der Waals surface area contributed by atoms with E-state index in [0.29, 0.717) is 24.4 Å². The summed E-state index contributed by atoms with van der Waals surface area (Å²) in [6.45, 7) is 8.77. The van der Waals surface area contributed by atoms with E-state index in [1.54, 1.807) is 17.3 Å². The number of hydrogen-bond acceptors (Lipinski definition) is 4. The van der Waals surface area contributed by atoms with Gasteiger partial charge in [0, 0.05) is 25.7 Å². The lowest BCUT2D eigenvalue weighted by Gasteiger charge is -2.35. The second-order valence-electron chi connectivity index (χ2n) is 8.18. The number of carbonyl (C=O) groups is 2. The summed E-state index contributed by atoms with van der Waals surface area (Å²) in [5.41, 5.74) is 1.64. The number of sulfonamides is 1. The fourth-order valence-corrected chi connectivity index (χ4v) is 5.54. The van der Waals surface area contributed by atoms with Gasteiger partial charge in [0.1, 0.15) is 0 Å². The van der Waals surface area contributed by atoms with Crippen molar-refractivity contribution in [2.75, 3.05) is 19.6 Å². The Morgan fingerprint density at radius 2 is 1.83 bits per heavy atom. The van der Waals surface area contributed by atoms with Crippen LogP contribution in [0.3, 0.4) is 0 Å². The molecule has 1 aromatic rings. The number of rotatable bonds is 7. The Labute approximate surface area is 174 Å². The molecular weight excluding hydrogens is 390 g/mol. The highest BCUT2D eigenvalue weighted by atomic mass is 32.2. The molecule has 0 aromatic heterocycles. The van der Waals surface area contributed by atoms with Crippen LogP contribution in [-0.2, 0) is 19.6 Å². The van der Waals surface area contributed by atoms with Gasteiger partial charge < -0.3 is 10.6 Å². The predicted octanol–water partition coefficient (Wildman–Crippen LogP) is 2.13. The van der Waals surface area contributed by atoms with Crippen molar-refractivity contribution in [2.45, 2.75) is 64.3 Å². The Balaban J connectivity index is 2.02. The summed E-state index contributed by atoms with van der Waals surface area (Å²) >= 11 is 0. The molecule has 2 amide bonds. The summed E-state index contributed by atoms with van der Waals surface area (Å²) in [6, 6.07) is 5.27. The van der Waals surface area contributed by atoms with Gasteiger partial charge in [-0.05, 0) is 56.2 Å². The largest absolute Gasteiger partial charge is 0.348 e. The first-order chi connectivity index (χ1) is 13.6. The normalized spacial score (nSPS) is 17.9. The molecule has 1 saturated heterocycles. The van der Waals surface area contributed by atoms with Crippen LogP contribution in [0.15, 0.2) is 23.1 Å². The molecule has 0 radical (unpaired) electrons. The zero-order valence-electron chi connectivity index (χ0n) is 17.8. The Bertz CT molecular complexity index is 836. The van der Waals surface area contributed by atoms with Gasteiger partial charge in [0.15, 0.2) is 0 Å². The summed E-state index contributed by atoms with van der Waals surface area (Å²) in [7, 11) is -3.61. The first-order valence-corrected chi connectivity index (χ1v) is 11.7. The molecule has 1 atom stereocenters. The van der Waals surface area contributed by atoms with E-state index < -0.39 is 21.8 Å². The molecule has 0 saturated carbocycles. The van der Waals surface area contributed by atoms with Crippen molar-refractivity contribution in [3.05, 3.63) is 29.3 Å². The van der Waals surface area contributed by atoms with Gasteiger partial charge in [0.25, 0.3) is 0 Å². The van der Waals surface area contributed by atoms with E-state index in [4.69, 9.17) is 0 Å². The van der Waals surface area contributed by atoms with Crippen molar-refractivity contribution < 1.29 is 18.0 Å². The molecule has 0 spiro atoms. The zero-order chi connectivity index (χ0) is 21.6. The topological polar surface area (TPSA) is 95.6 Å². The molecule has 0 unspecified atom stereocenters. The summed E-state index contributed by atoms with van der Waals surface area (Å²) < 4.78 is 28.2. The number of nitrogens with zero attached hydrogens (tertiary/aromatic N) is 1. The molecule has 1 heterocycles. The first-order valence-electron chi connectivity index (χ1n) is 10.3. The summed E-state index contributed by atoms with van der Waals surface area (Å²) in [5.74, 6) is -1.06. The van der Waals surface area contributed by atoms with E-state index in [0.717, 1.165) is 30.4 Å². The van der Waals surface area contributed by atoms with Crippen LogP contribution in [-0.4, -0.2) is 50.2 Å². The number of hydrogen-bond donors (Lipinski definition) is 2. The second kappa shape index (κ2) is 10.2. The maximum atomic E-state index is 13.3. The molecule has 8 heteroatoms. The fourth-order valence-electron chi connectivity index (χ4n) is 3.50. The van der Waals surface area contributed by atoms with Crippen LogP contribution in [0, 0.1) is 19.8 Å². The lowest BCUT2D eigenvalue weighted by molar-refractivity contribution is -0.139. The van der Waals surface area contributed by atoms with Crippen LogP contribution in [0.5, 0.6) is 0 Å². The molecule has 29 heavy (non-hydrogen) atoms. The molecule has 162 valence electrons. The number of carbonyl (C=O) groups excluding carboxylic acids is 2. The third kappa shape index (κ3) is 6.27. The van der Waals surface area contributed by atoms with Gasteiger partial charge in [0.05, 0.1) is 4.90 Å². The quantitative estimate of drug-likeness (QED) is 0.657. The van der Waals surface area contributed by atoms with Gasteiger partial charge in [-0.25, -0.2) is 8.42 Å². The minimum Gasteiger partial charge on any atom is -0.348 e. The highest BCUT2D eigenvalue weighted by Gasteiger charge is 2.34. The van der Waals surface area contributed by atoms with Crippen LogP contribution in [0.25, 0.3) is 0 Å². The Morgan fingerprint density at radius 3 is 2.52 bits per heavy atom. The van der Waals surface area contributed by atoms with Crippen molar-refractivity contribution in [1.82, 2.24) is 14.9 Å². The molecule has 1 aromatic carbocycles. The molecule has 2 rings (SSSR count). The molecule has 1 aliphatic heterocycles. The number of piperidine rings is 1. The smallest absolute Gasteiger partial charge is 0.309 e. The molecule has 2 N–H and O–H groups in total. The Morgan fingerprint density at radius 1 is 1.14 bits per heavy atom. The highest BCUT2D eigenvalue weighted by molar-refractivity contribution is 7.89. The number of amides is 2. The summed E-state index contributed by atoms with van der Waals surface area (Å²) in [6.07, 6.45) is 3.00. The van der Waals surface area contributed by atoms with E-state index >= 15 is 0 Å². The predicted molar refractivity (Wildman–Crippen MR) is 113 cm³/mol. The zero-order valence-corrected chi connectivity index (χ0v) is 18.6. The van der Waals surface area contributed by atoms with Crippen molar-refractivity contribution >= 4 is 21.8 Å². The molecule has 1 fully saturated rings. The second-order valence-corrected chi connectivity index (χ2v) is 10.0. The molecule has 1 aliphatic rings. The van der Waals surface area contributed by atoms with E-state index in [1.165, 1.54) is 0 Å². The van der Waals surface area contributed by atoms with Gasteiger partial charge in [-0.2, -0.15) is 4.31 Å². The standard InChI is InChI=1S/C21H33N3O4S/c1-15(2)14-23-21(26)20(25)22-11-10-18-7-5-6-12-24(18)29(27,28)19-13-16(3)8-9-17(19)4/h8-9,13,15,18H,5-7,10-12,14H2,1-4H3,(H,22,25)(H,23,26)/t18-/m0/s1. The van der Waals surface area contributed by atoms with Crippen LogP contribution < -0.4 is 10.6 Å². The maximum Gasteiger partial charge on any atom is 0.309 e. The Kier molecular flexibility index (Phi) is 8.22.